The minimum atomic E-state index is -3.58. The molecule has 5 rings (SSSR count). The topological polar surface area (TPSA) is 83.7 Å². The summed E-state index contributed by atoms with van der Waals surface area (Å²) in [5.74, 6) is -0.00313. The highest BCUT2D eigenvalue weighted by atomic mass is 32.2. The maximum atomic E-state index is 12.9. The Morgan fingerprint density at radius 3 is 2.60 bits per heavy atom. The molecular weight excluding hydrogens is 402 g/mol. The molecule has 1 saturated heterocycles. The van der Waals surface area contributed by atoms with Crippen molar-refractivity contribution in [2.75, 3.05) is 26.2 Å². The molecule has 0 spiro atoms. The first-order valence-electron chi connectivity index (χ1n) is 10.2. The second kappa shape index (κ2) is 7.52. The number of aryl methyl sites for hydroxylation is 2. The van der Waals surface area contributed by atoms with Crippen LogP contribution in [0.15, 0.2) is 52.2 Å². The standard InChI is InChI=1S/C22H23N3O4S/c26-22(13-18-15-29-21-12-17-4-1-3-16(17)11-20(18)21)24-7-9-25(10-8-24)30(27,28)19-5-2-6-23-14-19/h2,5-6,11-12,14-15H,1,3-4,7-10,13H2. The van der Waals surface area contributed by atoms with Crippen molar-refractivity contribution < 1.29 is 17.6 Å². The Bertz CT molecular complexity index is 1200. The van der Waals surface area contributed by atoms with Crippen LogP contribution >= 0.6 is 0 Å². The van der Waals surface area contributed by atoms with Gasteiger partial charge in [-0.25, -0.2) is 8.42 Å². The van der Waals surface area contributed by atoms with Crippen LogP contribution in [0, 0.1) is 0 Å². The molecule has 0 unspecified atom stereocenters. The number of rotatable bonds is 4. The molecule has 2 aliphatic rings. The third-order valence-corrected chi connectivity index (χ3v) is 7.96. The van der Waals surface area contributed by atoms with Crippen molar-refractivity contribution in [2.24, 2.45) is 0 Å². The van der Waals surface area contributed by atoms with Crippen molar-refractivity contribution in [3.05, 3.63) is 59.6 Å². The van der Waals surface area contributed by atoms with Gasteiger partial charge in [-0.05, 0) is 54.7 Å². The van der Waals surface area contributed by atoms with E-state index in [0.717, 1.165) is 29.4 Å². The van der Waals surface area contributed by atoms with E-state index in [2.05, 4.69) is 17.1 Å². The molecule has 1 fully saturated rings. The molecule has 1 amide bonds. The minimum absolute atomic E-state index is 0.00313. The molecule has 3 heterocycles. The van der Waals surface area contributed by atoms with Gasteiger partial charge >= 0.3 is 0 Å². The normalized spacial score (nSPS) is 17.4. The van der Waals surface area contributed by atoms with E-state index < -0.39 is 10.0 Å². The maximum Gasteiger partial charge on any atom is 0.244 e. The average Bonchev–Trinajstić information content (AvgIpc) is 3.39. The van der Waals surface area contributed by atoms with E-state index in [4.69, 9.17) is 4.42 Å². The van der Waals surface area contributed by atoms with Crippen LogP contribution in [0.1, 0.15) is 23.1 Å². The summed E-state index contributed by atoms with van der Waals surface area (Å²) in [7, 11) is -3.58. The molecule has 1 aliphatic heterocycles. The summed E-state index contributed by atoms with van der Waals surface area (Å²) in [6.07, 6.45) is 8.19. The van der Waals surface area contributed by atoms with Crippen LogP contribution in [0.25, 0.3) is 11.0 Å². The molecule has 3 aromatic rings. The third kappa shape index (κ3) is 3.40. The van der Waals surface area contributed by atoms with Crippen molar-refractivity contribution in [3.63, 3.8) is 0 Å². The van der Waals surface area contributed by atoms with E-state index in [0.29, 0.717) is 13.1 Å². The van der Waals surface area contributed by atoms with Crippen molar-refractivity contribution in [1.82, 2.24) is 14.2 Å². The van der Waals surface area contributed by atoms with E-state index in [-0.39, 0.29) is 30.3 Å². The molecule has 0 atom stereocenters. The van der Waals surface area contributed by atoms with Crippen molar-refractivity contribution in [2.45, 2.75) is 30.6 Å². The monoisotopic (exact) mass is 425 g/mol. The van der Waals surface area contributed by atoms with Crippen LogP contribution in [-0.2, 0) is 34.1 Å². The molecular formula is C22H23N3O4S. The zero-order chi connectivity index (χ0) is 20.7. The lowest BCUT2D eigenvalue weighted by molar-refractivity contribution is -0.131. The lowest BCUT2D eigenvalue weighted by Crippen LogP contribution is -2.50. The van der Waals surface area contributed by atoms with Gasteiger partial charge in [-0.3, -0.25) is 9.78 Å². The van der Waals surface area contributed by atoms with Gasteiger partial charge in [-0.2, -0.15) is 4.31 Å². The number of nitrogens with zero attached hydrogens (tertiary/aromatic N) is 3. The fraction of sp³-hybridized carbons (Fsp3) is 0.364. The van der Waals surface area contributed by atoms with Crippen LogP contribution in [0.3, 0.4) is 0 Å². The predicted octanol–water partition coefficient (Wildman–Crippen LogP) is 2.39. The number of carbonyl (C=O) groups is 1. The molecule has 156 valence electrons. The second-order valence-electron chi connectivity index (χ2n) is 7.88. The van der Waals surface area contributed by atoms with Crippen LogP contribution in [0.4, 0.5) is 0 Å². The molecule has 7 nitrogen and oxygen atoms in total. The summed E-state index contributed by atoms with van der Waals surface area (Å²) >= 11 is 0. The van der Waals surface area contributed by atoms with Gasteiger partial charge in [0.25, 0.3) is 0 Å². The minimum Gasteiger partial charge on any atom is -0.464 e. The summed E-state index contributed by atoms with van der Waals surface area (Å²) in [5, 5.41) is 1.02. The first kappa shape index (κ1) is 19.3. The number of sulfonamides is 1. The molecule has 0 bridgehead atoms. The zero-order valence-electron chi connectivity index (χ0n) is 16.6. The van der Waals surface area contributed by atoms with E-state index >= 15 is 0 Å². The number of fused-ring (bicyclic) bond motifs is 2. The fourth-order valence-electron chi connectivity index (χ4n) is 4.39. The number of aromatic nitrogens is 1. The molecule has 30 heavy (non-hydrogen) atoms. The summed E-state index contributed by atoms with van der Waals surface area (Å²) in [6, 6.07) is 7.42. The Balaban J connectivity index is 1.26. The smallest absolute Gasteiger partial charge is 0.244 e. The van der Waals surface area contributed by atoms with E-state index in [1.807, 2.05) is 0 Å². The van der Waals surface area contributed by atoms with Gasteiger partial charge in [-0.1, -0.05) is 0 Å². The number of benzene rings is 1. The van der Waals surface area contributed by atoms with Gasteiger partial charge < -0.3 is 9.32 Å². The van der Waals surface area contributed by atoms with Gasteiger partial charge in [-0.15, -0.1) is 0 Å². The van der Waals surface area contributed by atoms with Crippen molar-refractivity contribution in [1.29, 1.82) is 0 Å². The van der Waals surface area contributed by atoms with Crippen LogP contribution < -0.4 is 0 Å². The highest BCUT2D eigenvalue weighted by Gasteiger charge is 2.30. The highest BCUT2D eigenvalue weighted by Crippen LogP contribution is 2.30. The number of pyridine rings is 1. The van der Waals surface area contributed by atoms with Gasteiger partial charge in [0, 0.05) is 49.5 Å². The van der Waals surface area contributed by atoms with Gasteiger partial charge in [0.15, 0.2) is 0 Å². The average molecular weight is 426 g/mol. The molecule has 2 aromatic heterocycles. The Morgan fingerprint density at radius 2 is 1.87 bits per heavy atom. The Hall–Kier alpha value is -2.71. The number of amides is 1. The summed E-state index contributed by atoms with van der Waals surface area (Å²) in [4.78, 5) is 18.7. The maximum absolute atomic E-state index is 12.9. The zero-order valence-corrected chi connectivity index (χ0v) is 17.4. The Labute approximate surface area is 175 Å². The Kier molecular flexibility index (Phi) is 4.83. The summed E-state index contributed by atoms with van der Waals surface area (Å²) in [6.45, 7) is 1.32. The van der Waals surface area contributed by atoms with Crippen LogP contribution in [0.2, 0.25) is 0 Å². The lowest BCUT2D eigenvalue weighted by Gasteiger charge is -2.34. The first-order valence-corrected chi connectivity index (χ1v) is 11.7. The molecule has 0 saturated carbocycles. The SMILES string of the molecule is O=C(Cc1coc2cc3c(cc12)CCC3)N1CCN(S(=O)(=O)c2cccnc2)CC1. The third-order valence-electron chi connectivity index (χ3n) is 6.07. The molecule has 1 aliphatic carbocycles. The number of piperazine rings is 1. The van der Waals surface area contributed by atoms with Gasteiger partial charge in [0.2, 0.25) is 15.9 Å². The fourth-order valence-corrected chi connectivity index (χ4v) is 5.77. The summed E-state index contributed by atoms with van der Waals surface area (Å²) < 4.78 is 32.6. The highest BCUT2D eigenvalue weighted by molar-refractivity contribution is 7.89. The quantitative estimate of drug-likeness (QED) is 0.641. The predicted molar refractivity (Wildman–Crippen MR) is 112 cm³/mol. The molecule has 1 aromatic carbocycles. The van der Waals surface area contributed by atoms with Crippen LogP contribution in [0.5, 0.6) is 0 Å². The van der Waals surface area contributed by atoms with Crippen LogP contribution in [-0.4, -0.2) is 54.7 Å². The molecule has 8 heteroatoms. The first-order chi connectivity index (χ1) is 14.5. The number of hydrogen-bond donors (Lipinski definition) is 0. The number of furan rings is 1. The van der Waals surface area contributed by atoms with Gasteiger partial charge in [0.1, 0.15) is 10.5 Å². The largest absolute Gasteiger partial charge is 0.464 e. The molecule has 0 radical (unpaired) electrons. The number of carbonyl (C=O) groups excluding carboxylic acids is 1. The lowest BCUT2D eigenvalue weighted by atomic mass is 10.0. The second-order valence-corrected chi connectivity index (χ2v) is 9.82. The van der Waals surface area contributed by atoms with Gasteiger partial charge in [0.05, 0.1) is 12.7 Å². The van der Waals surface area contributed by atoms with E-state index in [9.17, 15) is 13.2 Å². The van der Waals surface area contributed by atoms with Crippen molar-refractivity contribution in [3.8, 4) is 0 Å². The van der Waals surface area contributed by atoms with E-state index in [1.54, 1.807) is 29.5 Å². The van der Waals surface area contributed by atoms with E-state index in [1.165, 1.54) is 28.0 Å². The Morgan fingerprint density at radius 1 is 1.10 bits per heavy atom. The molecule has 0 N–H and O–H groups in total. The number of hydrogen-bond acceptors (Lipinski definition) is 5. The van der Waals surface area contributed by atoms with Crippen molar-refractivity contribution >= 4 is 26.9 Å². The summed E-state index contributed by atoms with van der Waals surface area (Å²) in [5.41, 5.74) is 4.44.